The SMILES string of the molecule is CON(C1O[C@@H](CO)[C@@H](O)[C@@H](O)[C@H]1O)[C@@H]1CC[C@@]2(C)C(CCC3C2CC[C@]2(C)[C@@H](C4=CC(=O)OC4)CC[C@]32O)C1. The van der Waals surface area contributed by atoms with Gasteiger partial charge in [-0.05, 0) is 92.4 Å². The van der Waals surface area contributed by atoms with Crippen LogP contribution in [0.2, 0.25) is 0 Å². The van der Waals surface area contributed by atoms with Crippen molar-refractivity contribution in [3.63, 3.8) is 0 Å². The van der Waals surface area contributed by atoms with E-state index in [9.17, 15) is 30.3 Å². The summed E-state index contributed by atoms with van der Waals surface area (Å²) < 4.78 is 11.1. The first kappa shape index (κ1) is 29.0. The molecule has 10 nitrogen and oxygen atoms in total. The Labute approximate surface area is 236 Å². The van der Waals surface area contributed by atoms with E-state index < -0.39 is 42.9 Å². The van der Waals surface area contributed by atoms with Gasteiger partial charge in [-0.1, -0.05) is 13.8 Å². The summed E-state index contributed by atoms with van der Waals surface area (Å²) in [7, 11) is 1.53. The highest BCUT2D eigenvalue weighted by Gasteiger charge is 2.68. The van der Waals surface area contributed by atoms with E-state index >= 15 is 0 Å². The highest BCUT2D eigenvalue weighted by molar-refractivity contribution is 5.85. The van der Waals surface area contributed by atoms with E-state index in [0.717, 1.165) is 63.4 Å². The van der Waals surface area contributed by atoms with E-state index in [1.165, 1.54) is 7.11 Å². The van der Waals surface area contributed by atoms with E-state index in [2.05, 4.69) is 13.8 Å². The molecule has 4 aliphatic carbocycles. The minimum absolute atomic E-state index is 0.0549. The maximum atomic E-state index is 12.4. The Balaban J connectivity index is 1.19. The quantitative estimate of drug-likeness (QED) is 0.244. The van der Waals surface area contributed by atoms with Crippen molar-refractivity contribution in [3.05, 3.63) is 11.6 Å². The van der Waals surface area contributed by atoms with Crippen molar-refractivity contribution in [3.8, 4) is 0 Å². The first-order valence-electron chi connectivity index (χ1n) is 15.2. The van der Waals surface area contributed by atoms with Crippen molar-refractivity contribution < 1.29 is 44.6 Å². The number of hydrogen-bond acceptors (Lipinski definition) is 10. The molecule has 2 heterocycles. The zero-order valence-electron chi connectivity index (χ0n) is 23.9. The summed E-state index contributed by atoms with van der Waals surface area (Å²) in [4.78, 5) is 17.6. The van der Waals surface area contributed by atoms with Gasteiger partial charge >= 0.3 is 5.97 Å². The first-order chi connectivity index (χ1) is 19.0. The molecule has 13 atom stereocenters. The van der Waals surface area contributed by atoms with E-state index in [1.807, 2.05) is 0 Å². The van der Waals surface area contributed by atoms with Gasteiger partial charge in [0.25, 0.3) is 0 Å². The van der Waals surface area contributed by atoms with Gasteiger partial charge in [-0.15, -0.1) is 0 Å². The largest absolute Gasteiger partial charge is 0.458 e. The van der Waals surface area contributed by atoms with Crippen LogP contribution in [0.4, 0.5) is 0 Å². The normalized spacial score (nSPS) is 52.5. The average molecular weight is 566 g/mol. The van der Waals surface area contributed by atoms with Crippen LogP contribution < -0.4 is 0 Å². The number of hydroxylamine groups is 2. The summed E-state index contributed by atoms with van der Waals surface area (Å²) in [5.41, 5.74) is 0.0988. The average Bonchev–Trinajstić information content (AvgIpc) is 3.48. The fourth-order valence-corrected chi connectivity index (χ4v) is 10.4. The third-order valence-electron chi connectivity index (χ3n) is 12.6. The molecule has 10 heteroatoms. The Morgan fingerprint density at radius 1 is 1.00 bits per heavy atom. The number of hydrogen-bond donors (Lipinski definition) is 5. The van der Waals surface area contributed by atoms with Gasteiger partial charge in [-0.2, -0.15) is 5.06 Å². The molecule has 5 fully saturated rings. The van der Waals surface area contributed by atoms with Crippen LogP contribution in [-0.4, -0.2) is 99.2 Å². The number of rotatable bonds is 5. The summed E-state index contributed by atoms with van der Waals surface area (Å²) >= 11 is 0. The van der Waals surface area contributed by atoms with Crippen molar-refractivity contribution >= 4 is 5.97 Å². The fraction of sp³-hybridized carbons (Fsp3) is 0.900. The molecule has 0 amide bonds. The lowest BCUT2D eigenvalue weighted by molar-refractivity contribution is -0.344. The van der Waals surface area contributed by atoms with Gasteiger partial charge in [-0.3, -0.25) is 4.84 Å². The summed E-state index contributed by atoms with van der Waals surface area (Å²) in [6.45, 7) is 4.53. The molecule has 2 aliphatic heterocycles. The lowest BCUT2D eigenvalue weighted by Crippen LogP contribution is -2.66. The Bertz CT molecular complexity index is 1020. The van der Waals surface area contributed by atoms with Crippen molar-refractivity contribution in [2.75, 3.05) is 20.3 Å². The first-order valence-corrected chi connectivity index (χ1v) is 15.2. The minimum Gasteiger partial charge on any atom is -0.458 e. The van der Waals surface area contributed by atoms with Gasteiger partial charge in [0.15, 0.2) is 6.23 Å². The molecule has 0 aromatic heterocycles. The summed E-state index contributed by atoms with van der Waals surface area (Å²) in [5, 5.41) is 55.1. The standard InChI is InChI=1S/C30H47NO9/c1-28-9-6-18(31(38-3)27-26(36)25(35)24(34)22(14-32)40-27)13-17(28)4-5-21-20(28)7-10-29(2)19(8-11-30(21,29)37)16-12-23(33)39-15-16/h12,17-22,24-27,32,34-37H,4-11,13-15H2,1-3H3/t17?,18-,19-,20?,21?,22+,24-,25-,26-,27?,28+,29-,30+/m1/s1. The lowest BCUT2D eigenvalue weighted by Gasteiger charge is -2.64. The number of nitrogens with zero attached hydrogens (tertiary/aromatic N) is 1. The number of aliphatic hydroxyl groups excluding tert-OH is 4. The molecule has 5 N–H and O–H groups in total. The summed E-state index contributed by atoms with van der Waals surface area (Å²) in [6, 6.07) is -0.0549. The van der Waals surface area contributed by atoms with Gasteiger partial charge in [-0.25, -0.2) is 4.79 Å². The van der Waals surface area contributed by atoms with Crippen molar-refractivity contribution in [1.29, 1.82) is 0 Å². The number of ether oxygens (including phenoxy) is 2. The monoisotopic (exact) mass is 565 g/mol. The molecule has 0 radical (unpaired) electrons. The molecular formula is C30H47NO9. The second kappa shape index (κ2) is 10.3. The highest BCUT2D eigenvalue weighted by atomic mass is 16.7. The number of fused-ring (bicyclic) bond motifs is 5. The van der Waals surface area contributed by atoms with Crippen LogP contribution in [-0.2, 0) is 19.1 Å². The molecule has 4 saturated carbocycles. The van der Waals surface area contributed by atoms with Crippen LogP contribution in [0.5, 0.6) is 0 Å². The predicted octanol–water partition coefficient (Wildman–Crippen LogP) is 1.28. The van der Waals surface area contributed by atoms with Crippen molar-refractivity contribution in [1.82, 2.24) is 5.06 Å². The molecule has 1 saturated heterocycles. The van der Waals surface area contributed by atoms with Crippen molar-refractivity contribution in [2.45, 2.75) is 114 Å². The lowest BCUT2D eigenvalue weighted by atomic mass is 9.43. The van der Waals surface area contributed by atoms with Gasteiger partial charge < -0.3 is 35.0 Å². The van der Waals surface area contributed by atoms with E-state index in [-0.39, 0.29) is 34.7 Å². The zero-order valence-corrected chi connectivity index (χ0v) is 23.9. The van der Waals surface area contributed by atoms with Crippen LogP contribution in [0.1, 0.15) is 71.6 Å². The maximum absolute atomic E-state index is 12.4. The molecular weight excluding hydrogens is 518 g/mol. The van der Waals surface area contributed by atoms with Gasteiger partial charge in [0.1, 0.15) is 31.0 Å². The second-order valence-electron chi connectivity index (χ2n) is 14.0. The van der Waals surface area contributed by atoms with Gasteiger partial charge in [0.2, 0.25) is 0 Å². The maximum Gasteiger partial charge on any atom is 0.331 e. The Morgan fingerprint density at radius 2 is 1.77 bits per heavy atom. The molecule has 0 spiro atoms. The smallest absolute Gasteiger partial charge is 0.331 e. The van der Waals surface area contributed by atoms with Crippen LogP contribution >= 0.6 is 0 Å². The Morgan fingerprint density at radius 3 is 2.45 bits per heavy atom. The van der Waals surface area contributed by atoms with Crippen molar-refractivity contribution in [2.24, 2.45) is 34.5 Å². The summed E-state index contributed by atoms with van der Waals surface area (Å²) in [5.74, 6) is 0.949. The number of carbonyl (C=O) groups is 1. The van der Waals surface area contributed by atoms with Crippen LogP contribution in [0, 0.1) is 34.5 Å². The Hall–Kier alpha value is -1.11. The Kier molecular flexibility index (Phi) is 7.43. The number of cyclic esters (lactones) is 1. The molecule has 40 heavy (non-hydrogen) atoms. The molecule has 6 aliphatic rings. The number of esters is 1. The zero-order chi connectivity index (χ0) is 28.6. The fourth-order valence-electron chi connectivity index (χ4n) is 10.4. The number of aliphatic hydroxyl groups is 5. The third-order valence-corrected chi connectivity index (χ3v) is 12.6. The molecule has 4 unspecified atom stereocenters. The molecule has 226 valence electrons. The van der Waals surface area contributed by atoms with Crippen LogP contribution in [0.3, 0.4) is 0 Å². The predicted molar refractivity (Wildman–Crippen MR) is 142 cm³/mol. The van der Waals surface area contributed by atoms with E-state index in [0.29, 0.717) is 18.4 Å². The minimum atomic E-state index is -1.45. The van der Waals surface area contributed by atoms with Gasteiger partial charge in [0, 0.05) is 17.5 Å². The summed E-state index contributed by atoms with van der Waals surface area (Å²) in [6.07, 6.45) is 3.63. The molecule has 0 aromatic carbocycles. The molecule has 0 bridgehead atoms. The number of carbonyl (C=O) groups excluding carboxylic acids is 1. The molecule has 0 aromatic rings. The van der Waals surface area contributed by atoms with Crippen LogP contribution in [0.15, 0.2) is 11.6 Å². The highest BCUT2D eigenvalue weighted by Crippen LogP contribution is 2.70. The molecule has 6 rings (SSSR count). The van der Waals surface area contributed by atoms with E-state index in [4.69, 9.17) is 14.3 Å². The second-order valence-corrected chi connectivity index (χ2v) is 14.0. The van der Waals surface area contributed by atoms with E-state index in [1.54, 1.807) is 11.1 Å². The van der Waals surface area contributed by atoms with Crippen LogP contribution in [0.25, 0.3) is 0 Å². The third kappa shape index (κ3) is 4.08. The van der Waals surface area contributed by atoms with Gasteiger partial charge in [0.05, 0.1) is 19.3 Å². The topological polar surface area (TPSA) is 149 Å².